The smallest absolute Gasteiger partial charge is 0.300 e. The minimum absolute atomic E-state index is 0.0145. The van der Waals surface area contributed by atoms with Crippen molar-refractivity contribution in [2.24, 2.45) is 0 Å². The Labute approximate surface area is 149 Å². The Kier molecular flexibility index (Phi) is 21.8. The zero-order valence-electron chi connectivity index (χ0n) is 16.0. The molecular weight excluding hydrogens is 336 g/mol. The molecule has 25 heavy (non-hydrogen) atoms. The van der Waals surface area contributed by atoms with Crippen molar-refractivity contribution in [2.45, 2.75) is 66.0 Å². The summed E-state index contributed by atoms with van der Waals surface area (Å²) < 4.78 is 16.2. The van der Waals surface area contributed by atoms with Gasteiger partial charge in [-0.05, 0) is 27.7 Å². The molecule has 9 heteroatoms. The van der Waals surface area contributed by atoms with Gasteiger partial charge in [0.05, 0.1) is 50.8 Å². The number of aliphatic carboxylic acids is 2. The maximum atomic E-state index is 9.04. The number of aliphatic hydroxyl groups excluding tert-OH is 2. The monoisotopic (exact) mass is 370 g/mol. The predicted octanol–water partition coefficient (Wildman–Crippen LogP) is 0.757. The molecule has 9 nitrogen and oxygen atoms in total. The predicted molar refractivity (Wildman–Crippen MR) is 91.6 cm³/mol. The summed E-state index contributed by atoms with van der Waals surface area (Å²) in [6.45, 7) is 10.7. The van der Waals surface area contributed by atoms with Crippen LogP contribution in [0.25, 0.3) is 0 Å². The van der Waals surface area contributed by atoms with Gasteiger partial charge in [-0.1, -0.05) is 0 Å². The first-order chi connectivity index (χ1) is 11.4. The zero-order chi connectivity index (χ0) is 20.4. The van der Waals surface area contributed by atoms with Gasteiger partial charge in [0, 0.05) is 13.8 Å². The molecule has 0 radical (unpaired) electrons. The van der Waals surface area contributed by atoms with Gasteiger partial charge in [0.1, 0.15) is 0 Å². The Morgan fingerprint density at radius 1 is 0.760 bits per heavy atom. The first-order valence-electron chi connectivity index (χ1n) is 7.95. The van der Waals surface area contributed by atoms with Crippen molar-refractivity contribution in [1.82, 2.24) is 0 Å². The lowest BCUT2D eigenvalue weighted by Crippen LogP contribution is -2.27. The molecule has 152 valence electrons. The summed E-state index contributed by atoms with van der Waals surface area (Å²) in [5.74, 6) is -1.67. The standard InChI is InChI=1S/C12H26O5.2C2H4O2/c1-9(14)6-15-11(3)8-17-12(4)7-16-10(2)5-13;2*1-2(3)4/h9-14H,5-8H2,1-4H3;2*1H3,(H,3,4). The molecule has 0 aliphatic carbocycles. The third-order valence-electron chi connectivity index (χ3n) is 2.11. The van der Waals surface area contributed by atoms with E-state index in [1.165, 1.54) is 0 Å². The van der Waals surface area contributed by atoms with Gasteiger partial charge in [-0.15, -0.1) is 0 Å². The Morgan fingerprint density at radius 2 is 1.04 bits per heavy atom. The van der Waals surface area contributed by atoms with Crippen molar-refractivity contribution >= 4 is 11.9 Å². The van der Waals surface area contributed by atoms with Crippen LogP contribution in [-0.4, -0.2) is 83.2 Å². The number of carboxylic acids is 2. The molecule has 0 saturated carbocycles. The maximum absolute atomic E-state index is 9.04. The van der Waals surface area contributed by atoms with E-state index in [-0.39, 0.29) is 24.9 Å². The number of hydrogen-bond acceptors (Lipinski definition) is 7. The van der Waals surface area contributed by atoms with E-state index in [1.54, 1.807) is 13.8 Å². The number of carbonyl (C=O) groups is 2. The van der Waals surface area contributed by atoms with Gasteiger partial charge in [-0.3, -0.25) is 9.59 Å². The highest BCUT2D eigenvalue weighted by Crippen LogP contribution is 2.00. The fourth-order valence-corrected chi connectivity index (χ4v) is 1.05. The van der Waals surface area contributed by atoms with E-state index in [0.29, 0.717) is 19.8 Å². The van der Waals surface area contributed by atoms with Gasteiger partial charge in [0.2, 0.25) is 0 Å². The van der Waals surface area contributed by atoms with E-state index in [4.69, 9.17) is 44.2 Å². The van der Waals surface area contributed by atoms with Gasteiger partial charge in [0.25, 0.3) is 11.9 Å². The largest absolute Gasteiger partial charge is 0.481 e. The molecular formula is C16H34O9. The highest BCUT2D eigenvalue weighted by molar-refractivity contribution is 5.63. The topological polar surface area (TPSA) is 143 Å². The average Bonchev–Trinajstić information content (AvgIpc) is 2.47. The highest BCUT2D eigenvalue weighted by Gasteiger charge is 2.09. The van der Waals surface area contributed by atoms with Gasteiger partial charge in [-0.25, -0.2) is 0 Å². The van der Waals surface area contributed by atoms with Crippen LogP contribution in [0.15, 0.2) is 0 Å². The molecule has 4 N–H and O–H groups in total. The van der Waals surface area contributed by atoms with Crippen LogP contribution in [0.4, 0.5) is 0 Å². The molecule has 0 aromatic heterocycles. The van der Waals surface area contributed by atoms with E-state index < -0.39 is 18.0 Å². The van der Waals surface area contributed by atoms with Crippen LogP contribution < -0.4 is 0 Å². The summed E-state index contributed by atoms with van der Waals surface area (Å²) in [4.78, 5) is 18.0. The maximum Gasteiger partial charge on any atom is 0.300 e. The minimum atomic E-state index is -0.833. The molecule has 4 atom stereocenters. The molecule has 0 aliphatic heterocycles. The van der Waals surface area contributed by atoms with Crippen molar-refractivity contribution in [3.8, 4) is 0 Å². The Balaban J connectivity index is -0.000000503. The quantitative estimate of drug-likeness (QED) is 0.438. The Morgan fingerprint density at radius 3 is 1.32 bits per heavy atom. The van der Waals surface area contributed by atoms with Crippen LogP contribution in [0, 0.1) is 0 Å². The van der Waals surface area contributed by atoms with Crippen LogP contribution in [0.1, 0.15) is 41.5 Å². The number of rotatable bonds is 10. The lowest BCUT2D eigenvalue weighted by Gasteiger charge is -2.19. The molecule has 0 heterocycles. The van der Waals surface area contributed by atoms with Gasteiger partial charge in [0.15, 0.2) is 0 Å². The molecule has 0 saturated heterocycles. The third-order valence-corrected chi connectivity index (χ3v) is 2.11. The van der Waals surface area contributed by atoms with Crippen LogP contribution in [0.5, 0.6) is 0 Å². The second-order valence-electron chi connectivity index (χ2n) is 5.50. The number of carboxylic acid groups (broad SMARTS) is 2. The second-order valence-corrected chi connectivity index (χ2v) is 5.50. The summed E-state index contributed by atoms with van der Waals surface area (Å²) in [5, 5.41) is 32.7. The number of aliphatic hydroxyl groups is 2. The molecule has 0 aromatic rings. The fraction of sp³-hybridized carbons (Fsp3) is 0.875. The van der Waals surface area contributed by atoms with E-state index in [0.717, 1.165) is 13.8 Å². The SMILES string of the molecule is CC(=O)O.CC(=O)O.CC(O)COC(C)COC(C)COC(C)CO. The van der Waals surface area contributed by atoms with Gasteiger partial charge >= 0.3 is 0 Å². The minimum Gasteiger partial charge on any atom is -0.481 e. The molecule has 0 amide bonds. The molecule has 0 aliphatic rings. The third kappa shape index (κ3) is 39.5. The van der Waals surface area contributed by atoms with Gasteiger partial charge < -0.3 is 34.6 Å². The zero-order valence-corrected chi connectivity index (χ0v) is 16.0. The normalized spacial score (nSPS) is 14.7. The molecule has 0 fully saturated rings. The summed E-state index contributed by atoms with van der Waals surface area (Å²) in [5.41, 5.74) is 0. The first kappa shape index (κ1) is 28.5. The van der Waals surface area contributed by atoms with E-state index >= 15 is 0 Å². The van der Waals surface area contributed by atoms with Crippen molar-refractivity contribution in [3.05, 3.63) is 0 Å². The van der Waals surface area contributed by atoms with Crippen molar-refractivity contribution in [3.63, 3.8) is 0 Å². The number of hydrogen-bond donors (Lipinski definition) is 4. The molecule has 4 unspecified atom stereocenters. The van der Waals surface area contributed by atoms with Crippen molar-refractivity contribution < 1.29 is 44.2 Å². The Bertz CT molecular complexity index is 301. The van der Waals surface area contributed by atoms with E-state index in [9.17, 15) is 0 Å². The Hall–Kier alpha value is -1.26. The lowest BCUT2D eigenvalue weighted by molar-refractivity contribution is -0.135. The van der Waals surface area contributed by atoms with Crippen LogP contribution >= 0.6 is 0 Å². The molecule has 0 rings (SSSR count). The van der Waals surface area contributed by atoms with E-state index in [1.807, 2.05) is 13.8 Å². The summed E-state index contributed by atoms with van der Waals surface area (Å²) in [7, 11) is 0. The fourth-order valence-electron chi connectivity index (χ4n) is 1.05. The van der Waals surface area contributed by atoms with E-state index in [2.05, 4.69) is 0 Å². The summed E-state index contributed by atoms with van der Waals surface area (Å²) in [6, 6.07) is 0. The summed E-state index contributed by atoms with van der Waals surface area (Å²) >= 11 is 0. The second kappa shape index (κ2) is 19.1. The van der Waals surface area contributed by atoms with Crippen molar-refractivity contribution in [2.75, 3.05) is 26.4 Å². The average molecular weight is 370 g/mol. The molecule has 0 spiro atoms. The number of ether oxygens (including phenoxy) is 3. The molecule has 0 bridgehead atoms. The van der Waals surface area contributed by atoms with Crippen molar-refractivity contribution in [1.29, 1.82) is 0 Å². The van der Waals surface area contributed by atoms with Gasteiger partial charge in [-0.2, -0.15) is 0 Å². The van der Waals surface area contributed by atoms with Crippen LogP contribution in [-0.2, 0) is 23.8 Å². The highest BCUT2D eigenvalue weighted by atomic mass is 16.6. The molecule has 0 aromatic carbocycles. The lowest BCUT2D eigenvalue weighted by atomic mass is 10.3. The summed E-state index contributed by atoms with van der Waals surface area (Å²) in [6.07, 6.45) is -0.711. The first-order valence-corrected chi connectivity index (χ1v) is 7.95. The van der Waals surface area contributed by atoms with Crippen LogP contribution in [0.3, 0.4) is 0 Å². The van der Waals surface area contributed by atoms with Crippen LogP contribution in [0.2, 0.25) is 0 Å².